The highest BCUT2D eigenvalue weighted by molar-refractivity contribution is 7.99. The summed E-state index contributed by atoms with van der Waals surface area (Å²) in [4.78, 5) is 16.2. The van der Waals surface area contributed by atoms with Gasteiger partial charge in [0.25, 0.3) is 0 Å². The second-order valence-corrected chi connectivity index (χ2v) is 7.24. The molecule has 1 aromatic carbocycles. The number of carbonyl (C=O) groups is 1. The number of fused-ring (bicyclic) bond motifs is 1. The Morgan fingerprint density at radius 2 is 2.11 bits per heavy atom. The van der Waals surface area contributed by atoms with E-state index in [9.17, 15) is 9.18 Å². The summed E-state index contributed by atoms with van der Waals surface area (Å²) in [7, 11) is 0. The molecule has 0 spiro atoms. The molecular formula is C20H19FN4O2S. The van der Waals surface area contributed by atoms with Crippen LogP contribution in [0.5, 0.6) is 5.88 Å². The topological polar surface area (TPSA) is 69.0 Å². The molecule has 0 unspecified atom stereocenters. The Labute approximate surface area is 166 Å². The van der Waals surface area contributed by atoms with Crippen LogP contribution in [0.3, 0.4) is 0 Å². The van der Waals surface area contributed by atoms with Crippen LogP contribution in [0.1, 0.15) is 6.42 Å². The maximum absolute atomic E-state index is 13.4. The Morgan fingerprint density at radius 1 is 1.29 bits per heavy atom. The van der Waals surface area contributed by atoms with Crippen molar-refractivity contribution in [1.29, 1.82) is 0 Å². The normalized spacial score (nSPS) is 12.9. The van der Waals surface area contributed by atoms with Crippen LogP contribution in [0.25, 0.3) is 22.4 Å². The third-order valence-corrected chi connectivity index (χ3v) is 4.92. The predicted molar refractivity (Wildman–Crippen MR) is 108 cm³/mol. The number of nitrogens with one attached hydrogen (secondary N) is 1. The summed E-state index contributed by atoms with van der Waals surface area (Å²) in [5, 5.41) is 7.51. The molecule has 2 aromatic heterocycles. The van der Waals surface area contributed by atoms with Crippen molar-refractivity contribution in [3.8, 4) is 28.3 Å². The van der Waals surface area contributed by atoms with Gasteiger partial charge in [0.1, 0.15) is 17.3 Å². The molecule has 1 aliphatic rings. The maximum Gasteiger partial charge on any atom is 0.235 e. The van der Waals surface area contributed by atoms with Crippen molar-refractivity contribution in [1.82, 2.24) is 14.8 Å². The van der Waals surface area contributed by atoms with Gasteiger partial charge in [-0.3, -0.25) is 4.79 Å². The van der Waals surface area contributed by atoms with Crippen molar-refractivity contribution in [2.24, 2.45) is 0 Å². The molecule has 0 atom stereocenters. The number of thioether (sulfide) groups is 1. The summed E-state index contributed by atoms with van der Waals surface area (Å²) in [5.41, 5.74) is 3.15. The lowest BCUT2D eigenvalue weighted by atomic mass is 10.0. The molecule has 144 valence electrons. The highest BCUT2D eigenvalue weighted by atomic mass is 32.2. The molecule has 1 aliphatic heterocycles. The number of aromatic nitrogens is 3. The third kappa shape index (κ3) is 3.73. The summed E-state index contributed by atoms with van der Waals surface area (Å²) in [6, 6.07) is 9.90. The fourth-order valence-corrected chi connectivity index (χ4v) is 3.50. The number of anilines is 1. The Kier molecular flexibility index (Phi) is 5.29. The molecule has 1 amide bonds. The van der Waals surface area contributed by atoms with E-state index in [-0.39, 0.29) is 11.7 Å². The zero-order chi connectivity index (χ0) is 19.5. The van der Waals surface area contributed by atoms with Crippen LogP contribution in [0, 0.1) is 5.82 Å². The van der Waals surface area contributed by atoms with Gasteiger partial charge in [0.15, 0.2) is 0 Å². The molecule has 8 heteroatoms. The van der Waals surface area contributed by atoms with E-state index in [0.29, 0.717) is 29.8 Å². The number of ether oxygens (including phenoxy) is 1. The van der Waals surface area contributed by atoms with Crippen LogP contribution < -0.4 is 10.1 Å². The molecule has 0 radical (unpaired) electrons. The summed E-state index contributed by atoms with van der Waals surface area (Å²) >= 11 is 1.45. The van der Waals surface area contributed by atoms with Crippen LogP contribution in [0.4, 0.5) is 10.2 Å². The number of benzene rings is 1. The number of aryl methyl sites for hydroxylation is 1. The fraction of sp³-hybridized carbons (Fsp3) is 0.250. The Balaban J connectivity index is 1.79. The highest BCUT2D eigenvalue weighted by Crippen LogP contribution is 2.41. The zero-order valence-corrected chi connectivity index (χ0v) is 16.1. The van der Waals surface area contributed by atoms with E-state index in [1.54, 1.807) is 24.4 Å². The molecule has 1 N–H and O–H groups in total. The standard InChI is InChI=1S/C20H19FN4O2S/c1-28-12-17(26)23-16-11-14(7-8-22-16)18-19(13-3-5-15(21)6-4-13)24-25-9-2-10-27-20(18)25/h3-8,11H,2,9-10,12H2,1H3,(H,22,23,26). The minimum absolute atomic E-state index is 0.107. The second kappa shape index (κ2) is 8.02. The van der Waals surface area contributed by atoms with Crippen molar-refractivity contribution in [3.05, 3.63) is 48.4 Å². The molecule has 3 aromatic rings. The van der Waals surface area contributed by atoms with E-state index in [1.807, 2.05) is 17.0 Å². The van der Waals surface area contributed by atoms with Gasteiger partial charge in [0, 0.05) is 24.7 Å². The van der Waals surface area contributed by atoms with Crippen molar-refractivity contribution < 1.29 is 13.9 Å². The van der Waals surface area contributed by atoms with Gasteiger partial charge in [0.05, 0.1) is 17.9 Å². The van der Waals surface area contributed by atoms with Crippen molar-refractivity contribution in [2.75, 3.05) is 23.9 Å². The SMILES string of the molecule is CSCC(=O)Nc1cc(-c2c(-c3ccc(F)cc3)nn3c2OCCC3)ccn1. The molecule has 6 nitrogen and oxygen atoms in total. The molecule has 0 saturated heterocycles. The van der Waals surface area contributed by atoms with Gasteiger partial charge in [-0.05, 0) is 48.2 Å². The van der Waals surface area contributed by atoms with Gasteiger partial charge in [-0.15, -0.1) is 0 Å². The second-order valence-electron chi connectivity index (χ2n) is 6.37. The van der Waals surface area contributed by atoms with Gasteiger partial charge in [0.2, 0.25) is 11.8 Å². The molecular weight excluding hydrogens is 379 g/mol. The molecule has 0 fully saturated rings. The number of nitrogens with zero attached hydrogens (tertiary/aromatic N) is 3. The van der Waals surface area contributed by atoms with Gasteiger partial charge in [-0.2, -0.15) is 16.9 Å². The Hall–Kier alpha value is -2.87. The summed E-state index contributed by atoms with van der Waals surface area (Å²) < 4.78 is 21.1. The first-order chi connectivity index (χ1) is 13.7. The van der Waals surface area contributed by atoms with Gasteiger partial charge in [-0.1, -0.05) is 0 Å². The van der Waals surface area contributed by atoms with E-state index >= 15 is 0 Å². The molecule has 0 saturated carbocycles. The zero-order valence-electron chi connectivity index (χ0n) is 15.3. The lowest BCUT2D eigenvalue weighted by Crippen LogP contribution is -2.15. The first-order valence-corrected chi connectivity index (χ1v) is 10.3. The van der Waals surface area contributed by atoms with Crippen LogP contribution >= 0.6 is 11.8 Å². The van der Waals surface area contributed by atoms with Crippen LogP contribution in [0.15, 0.2) is 42.6 Å². The van der Waals surface area contributed by atoms with Crippen molar-refractivity contribution in [2.45, 2.75) is 13.0 Å². The number of hydrogen-bond donors (Lipinski definition) is 1. The minimum Gasteiger partial charge on any atom is -0.477 e. The average molecular weight is 398 g/mol. The van der Waals surface area contributed by atoms with E-state index in [1.165, 1.54) is 23.9 Å². The quantitative estimate of drug-likeness (QED) is 0.707. The first kappa shape index (κ1) is 18.5. The molecule has 28 heavy (non-hydrogen) atoms. The lowest BCUT2D eigenvalue weighted by Gasteiger charge is -2.16. The predicted octanol–water partition coefficient (Wildman–Crippen LogP) is 3.84. The van der Waals surface area contributed by atoms with Gasteiger partial charge >= 0.3 is 0 Å². The van der Waals surface area contributed by atoms with Crippen molar-refractivity contribution in [3.63, 3.8) is 0 Å². The smallest absolute Gasteiger partial charge is 0.235 e. The summed E-state index contributed by atoms with van der Waals surface area (Å²) in [5.74, 6) is 1.10. The lowest BCUT2D eigenvalue weighted by molar-refractivity contribution is -0.113. The van der Waals surface area contributed by atoms with Crippen LogP contribution in [-0.4, -0.2) is 39.3 Å². The van der Waals surface area contributed by atoms with E-state index in [4.69, 9.17) is 9.84 Å². The number of amides is 1. The van der Waals surface area contributed by atoms with E-state index in [2.05, 4.69) is 10.3 Å². The van der Waals surface area contributed by atoms with Crippen LogP contribution in [-0.2, 0) is 11.3 Å². The highest BCUT2D eigenvalue weighted by Gasteiger charge is 2.24. The Morgan fingerprint density at radius 3 is 2.89 bits per heavy atom. The third-order valence-electron chi connectivity index (χ3n) is 4.37. The van der Waals surface area contributed by atoms with Gasteiger partial charge < -0.3 is 10.1 Å². The van der Waals surface area contributed by atoms with E-state index in [0.717, 1.165) is 29.7 Å². The molecule has 4 rings (SSSR count). The van der Waals surface area contributed by atoms with Crippen LogP contribution in [0.2, 0.25) is 0 Å². The number of pyridine rings is 1. The Bertz CT molecular complexity index is 1000. The summed E-state index contributed by atoms with van der Waals surface area (Å²) in [6.07, 6.45) is 4.39. The number of hydrogen-bond acceptors (Lipinski definition) is 5. The summed E-state index contributed by atoms with van der Waals surface area (Å²) in [6.45, 7) is 1.37. The van der Waals surface area contributed by atoms with Gasteiger partial charge in [-0.25, -0.2) is 14.1 Å². The minimum atomic E-state index is -0.298. The number of halogens is 1. The van der Waals surface area contributed by atoms with E-state index < -0.39 is 0 Å². The van der Waals surface area contributed by atoms with Crippen molar-refractivity contribution >= 4 is 23.5 Å². The first-order valence-electron chi connectivity index (χ1n) is 8.90. The maximum atomic E-state index is 13.4. The number of carbonyl (C=O) groups excluding carboxylic acids is 1. The fourth-order valence-electron chi connectivity index (χ4n) is 3.16. The average Bonchev–Trinajstić information content (AvgIpc) is 3.08. The monoisotopic (exact) mass is 398 g/mol. The molecule has 3 heterocycles. The molecule has 0 bridgehead atoms. The molecule has 0 aliphatic carbocycles. The largest absolute Gasteiger partial charge is 0.477 e. The number of rotatable bonds is 5.